The summed E-state index contributed by atoms with van der Waals surface area (Å²) in [4.78, 5) is 0. The van der Waals surface area contributed by atoms with E-state index in [1.165, 1.54) is 5.56 Å². The smallest absolute Gasteiger partial charge is 0.122 e. The Balaban J connectivity index is 1.99. The van der Waals surface area contributed by atoms with E-state index >= 15 is 0 Å². The number of halogens is 1. The Morgan fingerprint density at radius 2 is 2.04 bits per heavy atom. The third kappa shape index (κ3) is 4.99. The summed E-state index contributed by atoms with van der Waals surface area (Å²) in [6, 6.07) is 6.22. The molecule has 0 bridgehead atoms. The van der Waals surface area contributed by atoms with Gasteiger partial charge in [0.1, 0.15) is 5.75 Å². The minimum atomic E-state index is -0.368. The molecule has 0 radical (unpaired) electrons. The van der Waals surface area contributed by atoms with Crippen molar-refractivity contribution in [2.45, 2.75) is 57.9 Å². The summed E-state index contributed by atoms with van der Waals surface area (Å²) in [7, 11) is 0. The van der Waals surface area contributed by atoms with Crippen LogP contribution in [0.1, 0.15) is 43.7 Å². The van der Waals surface area contributed by atoms with E-state index in [-0.39, 0.29) is 23.3 Å². The average Bonchev–Trinajstić information content (AvgIpc) is 2.78. The standard InChI is InChI=1S/C20H29ClO2/c1-4-5-6-7-8-16-17(19(22)12-18(16)21)13-23-20-11-14(2)9-10-15(20)3/h6-7,9-11,16-19,22H,4-5,8,12-13H2,1-3H3/b7-6-/t16-,17-,18-,19-/m1/s1. The van der Waals surface area contributed by atoms with Crippen molar-refractivity contribution in [2.75, 3.05) is 6.61 Å². The van der Waals surface area contributed by atoms with Crippen molar-refractivity contribution in [2.24, 2.45) is 11.8 Å². The Morgan fingerprint density at radius 1 is 1.26 bits per heavy atom. The van der Waals surface area contributed by atoms with E-state index in [0.717, 1.165) is 30.6 Å². The van der Waals surface area contributed by atoms with Gasteiger partial charge in [-0.3, -0.25) is 0 Å². The first kappa shape index (κ1) is 18.4. The van der Waals surface area contributed by atoms with Crippen LogP contribution in [0, 0.1) is 25.7 Å². The van der Waals surface area contributed by atoms with Crippen LogP contribution in [0.5, 0.6) is 5.75 Å². The van der Waals surface area contributed by atoms with Crippen molar-refractivity contribution < 1.29 is 9.84 Å². The lowest BCUT2D eigenvalue weighted by atomic mass is 9.92. The predicted octanol–water partition coefficient (Wildman–Crippen LogP) is 5.03. The minimum Gasteiger partial charge on any atom is -0.493 e. The van der Waals surface area contributed by atoms with Crippen LogP contribution in [0.3, 0.4) is 0 Å². The molecule has 1 N–H and O–H groups in total. The molecule has 1 aliphatic carbocycles. The summed E-state index contributed by atoms with van der Waals surface area (Å²) in [5.41, 5.74) is 2.32. The number of unbranched alkanes of at least 4 members (excludes halogenated alkanes) is 1. The summed E-state index contributed by atoms with van der Waals surface area (Å²) < 4.78 is 6.04. The van der Waals surface area contributed by atoms with Gasteiger partial charge >= 0.3 is 0 Å². The number of benzene rings is 1. The summed E-state index contributed by atoms with van der Waals surface area (Å²) in [6.07, 6.45) is 7.91. The van der Waals surface area contributed by atoms with Crippen molar-refractivity contribution in [1.29, 1.82) is 0 Å². The van der Waals surface area contributed by atoms with E-state index in [9.17, 15) is 5.11 Å². The molecular formula is C20H29ClO2. The summed E-state index contributed by atoms with van der Waals surface area (Å²) in [5.74, 6) is 1.30. The summed E-state index contributed by atoms with van der Waals surface area (Å²) in [6.45, 7) is 6.82. The number of hydrogen-bond donors (Lipinski definition) is 1. The lowest BCUT2D eigenvalue weighted by molar-refractivity contribution is 0.0805. The van der Waals surface area contributed by atoms with Crippen LogP contribution in [0.15, 0.2) is 30.4 Å². The van der Waals surface area contributed by atoms with Gasteiger partial charge in [-0.1, -0.05) is 37.6 Å². The van der Waals surface area contributed by atoms with Crippen LogP contribution in [-0.4, -0.2) is 23.2 Å². The fraction of sp³-hybridized carbons (Fsp3) is 0.600. The topological polar surface area (TPSA) is 29.5 Å². The summed E-state index contributed by atoms with van der Waals surface area (Å²) in [5, 5.41) is 10.4. The fourth-order valence-electron chi connectivity index (χ4n) is 3.28. The van der Waals surface area contributed by atoms with Crippen molar-refractivity contribution in [3.05, 3.63) is 41.5 Å². The van der Waals surface area contributed by atoms with Crippen molar-refractivity contribution >= 4 is 11.6 Å². The lowest BCUT2D eigenvalue weighted by Crippen LogP contribution is -2.27. The van der Waals surface area contributed by atoms with Crippen molar-refractivity contribution in [1.82, 2.24) is 0 Å². The fourth-order valence-corrected chi connectivity index (χ4v) is 3.75. The molecule has 0 heterocycles. The normalized spacial score (nSPS) is 27.7. The maximum absolute atomic E-state index is 10.3. The molecule has 0 aliphatic heterocycles. The van der Waals surface area contributed by atoms with Gasteiger partial charge in [-0.05, 0) is 56.2 Å². The van der Waals surface area contributed by atoms with Gasteiger partial charge in [-0.15, -0.1) is 11.6 Å². The molecule has 0 spiro atoms. The zero-order chi connectivity index (χ0) is 16.8. The predicted molar refractivity (Wildman–Crippen MR) is 97.3 cm³/mol. The number of aliphatic hydroxyl groups is 1. The van der Waals surface area contributed by atoms with E-state index in [0.29, 0.717) is 13.0 Å². The monoisotopic (exact) mass is 336 g/mol. The van der Waals surface area contributed by atoms with Crippen molar-refractivity contribution in [3.63, 3.8) is 0 Å². The van der Waals surface area contributed by atoms with Gasteiger partial charge in [0.05, 0.1) is 12.7 Å². The minimum absolute atomic E-state index is 0.0310. The van der Waals surface area contributed by atoms with Crippen LogP contribution < -0.4 is 4.74 Å². The molecule has 0 unspecified atom stereocenters. The number of allylic oxidation sites excluding steroid dienone is 2. The van der Waals surface area contributed by atoms with E-state index in [2.05, 4.69) is 51.1 Å². The zero-order valence-electron chi connectivity index (χ0n) is 14.5. The van der Waals surface area contributed by atoms with Gasteiger partial charge in [0.15, 0.2) is 0 Å². The number of aliphatic hydroxyl groups excluding tert-OH is 1. The number of aryl methyl sites for hydroxylation is 2. The van der Waals surface area contributed by atoms with E-state index < -0.39 is 0 Å². The first-order chi connectivity index (χ1) is 11.0. The first-order valence-corrected chi connectivity index (χ1v) is 9.13. The van der Waals surface area contributed by atoms with Gasteiger partial charge in [-0.25, -0.2) is 0 Å². The Hall–Kier alpha value is -0.990. The van der Waals surface area contributed by atoms with Crippen molar-refractivity contribution in [3.8, 4) is 5.75 Å². The molecule has 0 aromatic heterocycles. The van der Waals surface area contributed by atoms with Gasteiger partial charge in [-0.2, -0.15) is 0 Å². The molecule has 2 rings (SSSR count). The second-order valence-electron chi connectivity index (χ2n) is 6.72. The molecule has 1 aliphatic rings. The molecule has 0 saturated heterocycles. The zero-order valence-corrected chi connectivity index (χ0v) is 15.2. The van der Waals surface area contributed by atoms with Crippen LogP contribution >= 0.6 is 11.6 Å². The van der Waals surface area contributed by atoms with Gasteiger partial charge in [0, 0.05) is 11.3 Å². The van der Waals surface area contributed by atoms with Gasteiger partial charge < -0.3 is 9.84 Å². The number of rotatable bonds is 7. The highest BCUT2D eigenvalue weighted by atomic mass is 35.5. The SMILES string of the molecule is CCC/C=C\C[C@@H]1[C@@H](COc2cc(C)ccc2C)[C@H](O)C[C@H]1Cl. The highest BCUT2D eigenvalue weighted by Crippen LogP contribution is 2.39. The molecule has 1 fully saturated rings. The molecule has 4 atom stereocenters. The first-order valence-electron chi connectivity index (χ1n) is 8.70. The number of ether oxygens (including phenoxy) is 1. The molecule has 1 saturated carbocycles. The highest BCUT2D eigenvalue weighted by Gasteiger charge is 2.41. The van der Waals surface area contributed by atoms with E-state index in [1.807, 2.05) is 0 Å². The summed E-state index contributed by atoms with van der Waals surface area (Å²) >= 11 is 6.47. The second kappa shape index (κ2) is 8.75. The molecular weight excluding hydrogens is 308 g/mol. The molecule has 2 nitrogen and oxygen atoms in total. The maximum Gasteiger partial charge on any atom is 0.122 e. The van der Waals surface area contributed by atoms with Crippen LogP contribution in [0.25, 0.3) is 0 Å². The third-order valence-electron chi connectivity index (χ3n) is 4.78. The van der Waals surface area contributed by atoms with Gasteiger partial charge in [0.2, 0.25) is 0 Å². The third-order valence-corrected chi connectivity index (χ3v) is 5.28. The molecule has 0 amide bonds. The lowest BCUT2D eigenvalue weighted by Gasteiger charge is -2.23. The Labute approximate surface area is 145 Å². The largest absolute Gasteiger partial charge is 0.493 e. The Kier molecular flexibility index (Phi) is 6.98. The molecule has 3 heteroatoms. The van der Waals surface area contributed by atoms with Crippen LogP contribution in [-0.2, 0) is 0 Å². The van der Waals surface area contributed by atoms with Crippen LogP contribution in [0.2, 0.25) is 0 Å². The average molecular weight is 337 g/mol. The second-order valence-corrected chi connectivity index (χ2v) is 7.28. The highest BCUT2D eigenvalue weighted by molar-refractivity contribution is 6.21. The molecule has 23 heavy (non-hydrogen) atoms. The number of hydrogen-bond acceptors (Lipinski definition) is 2. The Morgan fingerprint density at radius 3 is 2.78 bits per heavy atom. The maximum atomic E-state index is 10.3. The quantitative estimate of drug-likeness (QED) is 0.558. The Bertz CT molecular complexity index is 526. The van der Waals surface area contributed by atoms with Crippen LogP contribution in [0.4, 0.5) is 0 Å². The van der Waals surface area contributed by atoms with E-state index in [1.54, 1.807) is 0 Å². The van der Waals surface area contributed by atoms with E-state index in [4.69, 9.17) is 16.3 Å². The molecule has 1 aromatic carbocycles. The molecule has 128 valence electrons. The molecule has 1 aromatic rings. The number of alkyl halides is 1. The van der Waals surface area contributed by atoms with Gasteiger partial charge in [0.25, 0.3) is 0 Å².